The molecular formula is C14H24O2. The Balaban J connectivity index is 0. The fraction of sp³-hybridized carbons (Fsp3) is 0.500. The van der Waals surface area contributed by atoms with Crippen LogP contribution in [0.4, 0.5) is 0 Å². The van der Waals surface area contributed by atoms with Gasteiger partial charge in [0.2, 0.25) is 0 Å². The summed E-state index contributed by atoms with van der Waals surface area (Å²) in [5.41, 5.74) is 0.775. The molecule has 0 aliphatic heterocycles. The number of methoxy groups -OCH3 is 1. The van der Waals surface area contributed by atoms with Crippen LogP contribution < -0.4 is 0 Å². The van der Waals surface area contributed by atoms with Gasteiger partial charge < -0.3 is 4.74 Å². The van der Waals surface area contributed by atoms with Crippen LogP contribution in [0.3, 0.4) is 0 Å². The van der Waals surface area contributed by atoms with Gasteiger partial charge in [-0.15, -0.1) is 0 Å². The van der Waals surface area contributed by atoms with E-state index in [9.17, 15) is 4.79 Å². The normalized spacial score (nSPS) is 8.06. The highest BCUT2D eigenvalue weighted by molar-refractivity contribution is 5.93. The smallest absolute Gasteiger partial charge is 0.159 e. The standard InChI is InChI=1S/C8H8O.C4H10O.C2H6/c1-7(9)8-5-3-2-4-6-8;1-3-4-5-2;1-2/h2-6H,1H3;3-4H2,1-2H3;1-2H3. The molecule has 0 atom stereocenters. The summed E-state index contributed by atoms with van der Waals surface area (Å²) in [5.74, 6) is 0.121. The lowest BCUT2D eigenvalue weighted by Crippen LogP contribution is -1.88. The van der Waals surface area contributed by atoms with E-state index in [-0.39, 0.29) is 5.78 Å². The van der Waals surface area contributed by atoms with Gasteiger partial charge in [0, 0.05) is 19.3 Å². The van der Waals surface area contributed by atoms with Gasteiger partial charge in [0.1, 0.15) is 0 Å². The minimum absolute atomic E-state index is 0.121. The Labute approximate surface area is 99.6 Å². The van der Waals surface area contributed by atoms with E-state index in [0.717, 1.165) is 18.6 Å². The Hall–Kier alpha value is -1.15. The van der Waals surface area contributed by atoms with Crippen molar-refractivity contribution in [2.75, 3.05) is 13.7 Å². The Morgan fingerprint density at radius 3 is 1.88 bits per heavy atom. The number of ether oxygens (including phenoxy) is 1. The first-order chi connectivity index (χ1) is 7.72. The van der Waals surface area contributed by atoms with Crippen LogP contribution in [-0.4, -0.2) is 19.5 Å². The molecular weight excluding hydrogens is 200 g/mol. The lowest BCUT2D eigenvalue weighted by Gasteiger charge is -1.89. The van der Waals surface area contributed by atoms with Crippen LogP contribution in [0.1, 0.15) is 44.5 Å². The molecule has 1 rings (SSSR count). The van der Waals surface area contributed by atoms with Gasteiger partial charge >= 0.3 is 0 Å². The van der Waals surface area contributed by atoms with Crippen molar-refractivity contribution in [3.05, 3.63) is 35.9 Å². The van der Waals surface area contributed by atoms with E-state index in [4.69, 9.17) is 4.74 Å². The zero-order valence-electron chi connectivity index (χ0n) is 11.1. The fourth-order valence-electron chi connectivity index (χ4n) is 0.877. The number of hydrogen-bond donors (Lipinski definition) is 0. The zero-order chi connectivity index (χ0) is 12.8. The maximum atomic E-state index is 10.6. The molecule has 0 fully saturated rings. The van der Waals surface area contributed by atoms with E-state index < -0.39 is 0 Å². The summed E-state index contributed by atoms with van der Waals surface area (Å²) in [6.07, 6.45) is 1.12. The van der Waals surface area contributed by atoms with E-state index in [1.165, 1.54) is 0 Å². The number of hydrogen-bond acceptors (Lipinski definition) is 2. The number of Topliss-reactive ketones (excluding diaryl/α,β-unsaturated/α-hetero) is 1. The molecule has 0 radical (unpaired) electrons. The van der Waals surface area contributed by atoms with E-state index in [2.05, 4.69) is 6.92 Å². The summed E-state index contributed by atoms with van der Waals surface area (Å²) in [5, 5.41) is 0. The average Bonchev–Trinajstić information content (AvgIpc) is 2.34. The maximum absolute atomic E-state index is 10.6. The SMILES string of the molecule is CC.CC(=O)c1ccccc1.CCCOC. The second-order valence-corrected chi connectivity index (χ2v) is 2.92. The van der Waals surface area contributed by atoms with Crippen LogP contribution >= 0.6 is 0 Å². The molecule has 0 spiro atoms. The van der Waals surface area contributed by atoms with Crippen LogP contribution in [0.2, 0.25) is 0 Å². The third kappa shape index (κ3) is 10.9. The number of rotatable bonds is 3. The van der Waals surface area contributed by atoms with Crippen LogP contribution in [0.25, 0.3) is 0 Å². The van der Waals surface area contributed by atoms with Gasteiger partial charge in [-0.25, -0.2) is 0 Å². The Kier molecular flexibility index (Phi) is 14.9. The van der Waals surface area contributed by atoms with E-state index >= 15 is 0 Å². The second kappa shape index (κ2) is 13.8. The molecule has 0 heterocycles. The Morgan fingerprint density at radius 2 is 1.69 bits per heavy atom. The van der Waals surface area contributed by atoms with E-state index in [1.807, 2.05) is 44.2 Å². The van der Waals surface area contributed by atoms with Gasteiger partial charge in [0.25, 0.3) is 0 Å². The van der Waals surface area contributed by atoms with Crippen molar-refractivity contribution in [3.8, 4) is 0 Å². The lowest BCUT2D eigenvalue weighted by molar-refractivity contribution is 0.101. The molecule has 0 amide bonds. The topological polar surface area (TPSA) is 26.3 Å². The van der Waals surface area contributed by atoms with Crippen molar-refractivity contribution in [1.29, 1.82) is 0 Å². The van der Waals surface area contributed by atoms with Gasteiger partial charge in [0.05, 0.1) is 0 Å². The van der Waals surface area contributed by atoms with Crippen LogP contribution in [-0.2, 0) is 4.74 Å². The molecule has 1 aromatic rings. The van der Waals surface area contributed by atoms with Crippen molar-refractivity contribution in [2.45, 2.75) is 34.1 Å². The van der Waals surface area contributed by atoms with Crippen LogP contribution in [0.5, 0.6) is 0 Å². The molecule has 0 unspecified atom stereocenters. The average molecular weight is 224 g/mol. The molecule has 0 saturated heterocycles. The van der Waals surface area contributed by atoms with Crippen molar-refractivity contribution >= 4 is 5.78 Å². The van der Waals surface area contributed by atoms with Gasteiger partial charge in [-0.05, 0) is 13.3 Å². The summed E-state index contributed by atoms with van der Waals surface area (Å²) in [7, 11) is 1.71. The molecule has 92 valence electrons. The fourth-order valence-corrected chi connectivity index (χ4v) is 0.877. The van der Waals surface area contributed by atoms with E-state index in [0.29, 0.717) is 0 Å². The third-order valence-electron chi connectivity index (χ3n) is 1.59. The van der Waals surface area contributed by atoms with Gasteiger partial charge in [0.15, 0.2) is 5.78 Å². The van der Waals surface area contributed by atoms with Gasteiger partial charge in [-0.1, -0.05) is 51.1 Å². The first kappa shape index (κ1) is 17.3. The lowest BCUT2D eigenvalue weighted by atomic mass is 10.2. The molecule has 0 aromatic heterocycles. The summed E-state index contributed by atoms with van der Waals surface area (Å²) >= 11 is 0. The summed E-state index contributed by atoms with van der Waals surface area (Å²) < 4.78 is 4.69. The predicted molar refractivity (Wildman–Crippen MR) is 70.0 cm³/mol. The summed E-state index contributed by atoms with van der Waals surface area (Å²) in [6, 6.07) is 9.23. The zero-order valence-corrected chi connectivity index (χ0v) is 11.1. The number of carbonyl (C=O) groups is 1. The largest absolute Gasteiger partial charge is 0.385 e. The van der Waals surface area contributed by atoms with Crippen molar-refractivity contribution in [2.24, 2.45) is 0 Å². The monoisotopic (exact) mass is 224 g/mol. The predicted octanol–water partition coefficient (Wildman–Crippen LogP) is 3.96. The first-order valence-corrected chi connectivity index (χ1v) is 5.77. The molecule has 2 heteroatoms. The van der Waals surface area contributed by atoms with Crippen molar-refractivity contribution in [3.63, 3.8) is 0 Å². The van der Waals surface area contributed by atoms with Crippen molar-refractivity contribution in [1.82, 2.24) is 0 Å². The summed E-state index contributed by atoms with van der Waals surface area (Å²) in [4.78, 5) is 10.6. The number of ketones is 1. The molecule has 16 heavy (non-hydrogen) atoms. The second-order valence-electron chi connectivity index (χ2n) is 2.92. The van der Waals surface area contributed by atoms with Crippen LogP contribution in [0.15, 0.2) is 30.3 Å². The third-order valence-corrected chi connectivity index (χ3v) is 1.59. The highest BCUT2D eigenvalue weighted by atomic mass is 16.5. The highest BCUT2D eigenvalue weighted by Crippen LogP contribution is 1.97. The number of carbonyl (C=O) groups excluding carboxylic acids is 1. The van der Waals surface area contributed by atoms with Crippen molar-refractivity contribution < 1.29 is 9.53 Å². The number of benzene rings is 1. The molecule has 0 N–H and O–H groups in total. The maximum Gasteiger partial charge on any atom is 0.159 e. The Bertz CT molecular complexity index is 240. The minimum Gasteiger partial charge on any atom is -0.385 e. The molecule has 2 nitrogen and oxygen atoms in total. The van der Waals surface area contributed by atoms with Gasteiger partial charge in [-0.2, -0.15) is 0 Å². The molecule has 0 aliphatic rings. The quantitative estimate of drug-likeness (QED) is 0.726. The minimum atomic E-state index is 0.121. The molecule has 0 aliphatic carbocycles. The Morgan fingerprint density at radius 1 is 1.19 bits per heavy atom. The molecule has 0 bridgehead atoms. The summed E-state index contributed by atoms with van der Waals surface area (Å²) in [6.45, 7) is 8.54. The van der Waals surface area contributed by atoms with E-state index in [1.54, 1.807) is 14.0 Å². The molecule has 0 saturated carbocycles. The van der Waals surface area contributed by atoms with Crippen LogP contribution in [0, 0.1) is 0 Å². The highest BCUT2D eigenvalue weighted by Gasteiger charge is 1.92. The first-order valence-electron chi connectivity index (χ1n) is 5.77. The molecule has 1 aromatic carbocycles. The van der Waals surface area contributed by atoms with Gasteiger partial charge in [-0.3, -0.25) is 4.79 Å².